The number of aliphatic carboxylic acids is 1. The number of carboxylic acids is 1. The standard InChI is InChI=1S/C29H29NO8/c30-29(36)23-9-5-17(13-24(23)31)16-37-26-11-6-19(14-18(26)7-12-27(33)34)28(35)22-10-8-21(15-25(22)32)38-20-3-1-2-4-20/h5-6,8-11,13-15,20,31-32H,1-4,7,12,16H2,(H2,30,36)(H,33,34)/p+1. The summed E-state index contributed by atoms with van der Waals surface area (Å²) in [5.74, 6) is -1.44. The topological polar surface area (TPSA) is 158 Å². The highest BCUT2D eigenvalue weighted by Gasteiger charge is 2.20. The maximum Gasteiger partial charge on any atom is 0.344 e. The molecule has 38 heavy (non-hydrogen) atoms. The molecule has 1 amide bonds. The summed E-state index contributed by atoms with van der Waals surface area (Å²) in [5, 5.41) is 29.7. The third-order valence-corrected chi connectivity index (χ3v) is 6.51. The molecule has 0 aliphatic heterocycles. The first-order valence-corrected chi connectivity index (χ1v) is 12.4. The predicted molar refractivity (Wildman–Crippen MR) is 136 cm³/mol. The van der Waals surface area contributed by atoms with E-state index in [0.29, 0.717) is 22.6 Å². The average Bonchev–Trinajstić information content (AvgIpc) is 3.39. The molecule has 0 bridgehead atoms. The molecule has 0 radical (unpaired) electrons. The van der Waals surface area contributed by atoms with Gasteiger partial charge >= 0.3 is 11.9 Å². The van der Waals surface area contributed by atoms with Gasteiger partial charge in [0.05, 0.1) is 11.7 Å². The Morgan fingerprint density at radius 2 is 1.61 bits per heavy atom. The van der Waals surface area contributed by atoms with Crippen LogP contribution >= 0.6 is 0 Å². The third-order valence-electron chi connectivity index (χ3n) is 6.51. The molecule has 1 aliphatic carbocycles. The first-order valence-electron chi connectivity index (χ1n) is 12.4. The van der Waals surface area contributed by atoms with Crippen molar-refractivity contribution in [2.24, 2.45) is 0 Å². The number of hydrogen-bond donors (Lipinski definition) is 4. The van der Waals surface area contributed by atoms with Crippen LogP contribution in [0.2, 0.25) is 0 Å². The Hall–Kier alpha value is -4.37. The predicted octanol–water partition coefficient (Wildman–Crippen LogP) is 3.63. The summed E-state index contributed by atoms with van der Waals surface area (Å²) < 4.78 is 11.8. The van der Waals surface area contributed by atoms with E-state index in [1.165, 1.54) is 24.3 Å². The van der Waals surface area contributed by atoms with E-state index in [2.05, 4.69) is 5.73 Å². The van der Waals surface area contributed by atoms with E-state index < -0.39 is 17.7 Å². The minimum atomic E-state index is -0.999. The Bertz CT molecular complexity index is 1360. The maximum absolute atomic E-state index is 13.2. The van der Waals surface area contributed by atoms with Crippen molar-refractivity contribution in [1.82, 2.24) is 0 Å². The van der Waals surface area contributed by atoms with E-state index in [1.807, 2.05) is 0 Å². The van der Waals surface area contributed by atoms with Gasteiger partial charge in [-0.2, -0.15) is 0 Å². The van der Waals surface area contributed by atoms with Crippen molar-refractivity contribution in [3.8, 4) is 23.0 Å². The number of aryl methyl sites for hydroxylation is 1. The van der Waals surface area contributed by atoms with Crippen molar-refractivity contribution in [2.75, 3.05) is 0 Å². The zero-order valence-corrected chi connectivity index (χ0v) is 20.8. The number of quaternary nitrogens is 1. The fraction of sp³-hybridized carbons (Fsp3) is 0.276. The van der Waals surface area contributed by atoms with Crippen molar-refractivity contribution in [1.29, 1.82) is 0 Å². The van der Waals surface area contributed by atoms with E-state index in [9.17, 15) is 29.7 Å². The SMILES string of the molecule is [NH3+]C(=O)c1ccc(COc2ccc(C(=O)c3ccc(OC4CCCC4)cc3O)cc2CCC(=O)O)cc1O. The Morgan fingerprint density at radius 3 is 2.26 bits per heavy atom. The Kier molecular flexibility index (Phi) is 8.28. The number of carbonyl (C=O) groups is 3. The number of rotatable bonds is 11. The number of phenolic OH excluding ortho intramolecular Hbond substituents is 2. The molecule has 6 N–H and O–H groups in total. The zero-order chi connectivity index (χ0) is 27.2. The fourth-order valence-corrected chi connectivity index (χ4v) is 4.49. The summed E-state index contributed by atoms with van der Waals surface area (Å²) in [7, 11) is 0. The molecule has 0 heterocycles. The van der Waals surface area contributed by atoms with Crippen molar-refractivity contribution >= 4 is 17.7 Å². The third kappa shape index (κ3) is 6.49. The first-order chi connectivity index (χ1) is 18.2. The van der Waals surface area contributed by atoms with Crippen molar-refractivity contribution in [3.63, 3.8) is 0 Å². The molecule has 0 atom stereocenters. The van der Waals surface area contributed by atoms with Gasteiger partial charge < -0.3 is 24.8 Å². The maximum atomic E-state index is 13.2. The summed E-state index contributed by atoms with van der Waals surface area (Å²) in [4.78, 5) is 35.9. The van der Waals surface area contributed by atoms with Crippen LogP contribution in [0.25, 0.3) is 0 Å². The molecule has 3 aromatic carbocycles. The molecule has 1 fully saturated rings. The van der Waals surface area contributed by atoms with E-state index >= 15 is 0 Å². The number of carbonyl (C=O) groups excluding carboxylic acids is 2. The van der Waals surface area contributed by atoms with Crippen molar-refractivity contribution < 1.29 is 44.9 Å². The minimum absolute atomic E-state index is 0.0375. The summed E-state index contributed by atoms with van der Waals surface area (Å²) in [6.07, 6.45) is 4.23. The number of ketones is 1. The second kappa shape index (κ2) is 11.8. The largest absolute Gasteiger partial charge is 0.507 e. The van der Waals surface area contributed by atoms with Crippen LogP contribution in [0, 0.1) is 0 Å². The smallest absolute Gasteiger partial charge is 0.344 e. The lowest BCUT2D eigenvalue weighted by Crippen LogP contribution is -2.56. The van der Waals surface area contributed by atoms with Gasteiger partial charge in [-0.3, -0.25) is 15.3 Å². The van der Waals surface area contributed by atoms with Crippen LogP contribution in [0.5, 0.6) is 23.0 Å². The lowest BCUT2D eigenvalue weighted by atomic mass is 9.98. The van der Waals surface area contributed by atoms with Gasteiger partial charge in [0.25, 0.3) is 0 Å². The van der Waals surface area contributed by atoms with Crippen LogP contribution in [-0.4, -0.2) is 39.1 Å². The van der Waals surface area contributed by atoms with Crippen LogP contribution in [-0.2, 0) is 17.8 Å². The van der Waals surface area contributed by atoms with Crippen LogP contribution in [0.1, 0.15) is 69.5 Å². The molecule has 9 heteroatoms. The molecule has 3 aromatic rings. The summed E-state index contributed by atoms with van der Waals surface area (Å²) in [6.45, 7) is 0.0375. The van der Waals surface area contributed by atoms with E-state index in [1.54, 1.807) is 30.3 Å². The molecule has 0 saturated heterocycles. The highest BCUT2D eigenvalue weighted by atomic mass is 16.5. The number of amides is 1. The first kappa shape index (κ1) is 26.7. The lowest BCUT2D eigenvalue weighted by molar-refractivity contribution is -0.255. The molecule has 4 rings (SSSR count). The zero-order valence-electron chi connectivity index (χ0n) is 20.8. The van der Waals surface area contributed by atoms with Gasteiger partial charge in [0, 0.05) is 18.1 Å². The molecule has 198 valence electrons. The fourth-order valence-electron chi connectivity index (χ4n) is 4.49. The highest BCUT2D eigenvalue weighted by Crippen LogP contribution is 2.31. The number of carboxylic acid groups (broad SMARTS) is 1. The van der Waals surface area contributed by atoms with Gasteiger partial charge in [-0.05, 0) is 85.7 Å². The Labute approximate surface area is 219 Å². The quantitative estimate of drug-likeness (QED) is 0.279. The second-order valence-electron chi connectivity index (χ2n) is 9.31. The molecule has 0 aromatic heterocycles. The van der Waals surface area contributed by atoms with Crippen LogP contribution in [0.3, 0.4) is 0 Å². The van der Waals surface area contributed by atoms with Gasteiger partial charge in [0.1, 0.15) is 35.2 Å². The molecule has 0 unspecified atom stereocenters. The van der Waals surface area contributed by atoms with Gasteiger partial charge in [-0.15, -0.1) is 0 Å². The van der Waals surface area contributed by atoms with Crippen molar-refractivity contribution in [3.05, 3.63) is 82.4 Å². The summed E-state index contributed by atoms with van der Waals surface area (Å²) in [5.41, 5.74) is 4.86. The summed E-state index contributed by atoms with van der Waals surface area (Å²) >= 11 is 0. The Morgan fingerprint density at radius 1 is 0.895 bits per heavy atom. The number of aromatic hydroxyl groups is 2. The van der Waals surface area contributed by atoms with E-state index in [-0.39, 0.29) is 53.7 Å². The second-order valence-corrected chi connectivity index (χ2v) is 9.31. The average molecular weight is 521 g/mol. The highest BCUT2D eigenvalue weighted by molar-refractivity contribution is 6.11. The Balaban J connectivity index is 1.53. The molecular formula is C29H30NO8+. The van der Waals surface area contributed by atoms with Crippen molar-refractivity contribution in [2.45, 2.75) is 51.2 Å². The number of hydrogen-bond acceptors (Lipinski definition) is 7. The summed E-state index contributed by atoms with van der Waals surface area (Å²) in [6, 6.07) is 13.8. The van der Waals surface area contributed by atoms with Gasteiger partial charge in [-0.25, -0.2) is 4.79 Å². The molecule has 1 aliphatic rings. The normalized spacial score (nSPS) is 13.3. The molecular weight excluding hydrogens is 490 g/mol. The molecule has 1 saturated carbocycles. The monoisotopic (exact) mass is 520 g/mol. The minimum Gasteiger partial charge on any atom is -0.507 e. The van der Waals surface area contributed by atoms with Crippen LogP contribution < -0.4 is 15.2 Å². The number of phenols is 2. The van der Waals surface area contributed by atoms with Gasteiger partial charge in [-0.1, -0.05) is 6.07 Å². The van der Waals surface area contributed by atoms with Crippen LogP contribution in [0.15, 0.2) is 54.6 Å². The number of benzene rings is 3. The van der Waals surface area contributed by atoms with E-state index in [0.717, 1.165) is 25.7 Å². The lowest BCUT2D eigenvalue weighted by Gasteiger charge is -2.15. The molecule has 9 nitrogen and oxygen atoms in total. The van der Waals surface area contributed by atoms with Crippen LogP contribution in [0.4, 0.5) is 0 Å². The van der Waals surface area contributed by atoms with Gasteiger partial charge in [0.15, 0.2) is 5.78 Å². The van der Waals surface area contributed by atoms with E-state index in [4.69, 9.17) is 9.47 Å². The molecule has 0 spiro atoms. The van der Waals surface area contributed by atoms with Gasteiger partial charge in [0.2, 0.25) is 0 Å². The number of ether oxygens (including phenoxy) is 2.